The summed E-state index contributed by atoms with van der Waals surface area (Å²) in [6, 6.07) is 8.91. The first-order valence-corrected chi connectivity index (χ1v) is 12.7. The molecule has 2 aliphatic rings. The number of ether oxygens (including phenoxy) is 1. The molecule has 1 saturated carbocycles. The van der Waals surface area contributed by atoms with Crippen molar-refractivity contribution in [1.29, 1.82) is 0 Å². The van der Waals surface area contributed by atoms with E-state index in [2.05, 4.69) is 41.0 Å². The lowest BCUT2D eigenvalue weighted by Gasteiger charge is -2.26. The van der Waals surface area contributed by atoms with E-state index in [-0.39, 0.29) is 28.1 Å². The van der Waals surface area contributed by atoms with Gasteiger partial charge in [-0.25, -0.2) is 4.84 Å². The Hall–Kier alpha value is -3.81. The lowest BCUT2D eigenvalue weighted by molar-refractivity contribution is -0.736. The van der Waals surface area contributed by atoms with Crippen molar-refractivity contribution in [2.75, 3.05) is 57.1 Å². The molecule has 1 amide bonds. The van der Waals surface area contributed by atoms with Gasteiger partial charge >= 0.3 is 5.69 Å². The van der Waals surface area contributed by atoms with Crippen molar-refractivity contribution >= 4 is 46.5 Å². The SMILES string of the molecule is CO[N+](=O)c1c(Nc2cc(C3CC3)[nH]n2)nc(Nc2ccccc2Cl)nc1C(=O)NCCN1CCOCC1. The van der Waals surface area contributed by atoms with Crippen LogP contribution >= 0.6 is 11.6 Å². The zero-order valence-electron chi connectivity index (χ0n) is 20.9. The summed E-state index contributed by atoms with van der Waals surface area (Å²) in [6.07, 6.45) is 2.19. The van der Waals surface area contributed by atoms with Gasteiger partial charge in [0.25, 0.3) is 10.8 Å². The second-order valence-corrected chi connectivity index (χ2v) is 9.36. The molecule has 1 saturated heterocycles. The summed E-state index contributed by atoms with van der Waals surface area (Å²) < 4.78 is 5.37. The molecule has 200 valence electrons. The number of nitrogens with zero attached hydrogens (tertiary/aromatic N) is 5. The first-order valence-electron chi connectivity index (χ1n) is 12.4. The number of benzene rings is 1. The predicted molar refractivity (Wildman–Crippen MR) is 141 cm³/mol. The van der Waals surface area contributed by atoms with Gasteiger partial charge < -0.3 is 20.7 Å². The Kier molecular flexibility index (Phi) is 7.96. The number of morpholine rings is 1. The fraction of sp³-hybridized carbons (Fsp3) is 0.417. The minimum Gasteiger partial charge on any atom is -0.379 e. The first-order chi connectivity index (χ1) is 18.5. The quantitative estimate of drug-likeness (QED) is 0.266. The first kappa shape index (κ1) is 25.8. The average molecular weight is 543 g/mol. The normalized spacial score (nSPS) is 15.6. The van der Waals surface area contributed by atoms with Crippen LogP contribution in [-0.2, 0) is 9.57 Å². The van der Waals surface area contributed by atoms with E-state index in [1.807, 2.05) is 6.07 Å². The van der Waals surface area contributed by atoms with Crippen LogP contribution in [0.15, 0.2) is 30.3 Å². The second-order valence-electron chi connectivity index (χ2n) is 8.96. The summed E-state index contributed by atoms with van der Waals surface area (Å²) in [4.78, 5) is 42.3. The molecule has 0 atom stereocenters. The van der Waals surface area contributed by atoms with Crippen LogP contribution < -0.4 is 16.0 Å². The third kappa shape index (κ3) is 6.18. The Balaban J connectivity index is 1.46. The summed E-state index contributed by atoms with van der Waals surface area (Å²) in [6.45, 7) is 3.88. The summed E-state index contributed by atoms with van der Waals surface area (Å²) in [5.41, 5.74) is 1.17. The molecule has 4 N–H and O–H groups in total. The number of hydrogen-bond acceptors (Lipinski definition) is 10. The van der Waals surface area contributed by atoms with Gasteiger partial charge in [-0.3, -0.25) is 14.8 Å². The fourth-order valence-corrected chi connectivity index (χ4v) is 4.25. The van der Waals surface area contributed by atoms with E-state index in [0.717, 1.165) is 31.6 Å². The highest BCUT2D eigenvalue weighted by molar-refractivity contribution is 6.33. The highest BCUT2D eigenvalue weighted by atomic mass is 35.5. The molecular formula is C24H29ClN9O4+. The summed E-state index contributed by atoms with van der Waals surface area (Å²) in [7, 11) is 1.20. The molecule has 2 fully saturated rings. The minimum absolute atomic E-state index is 0.0404. The number of nitrogens with one attached hydrogen (secondary N) is 4. The van der Waals surface area contributed by atoms with Crippen molar-refractivity contribution in [3.05, 3.63) is 51.6 Å². The van der Waals surface area contributed by atoms with Crippen LogP contribution in [0.4, 0.5) is 29.0 Å². The summed E-state index contributed by atoms with van der Waals surface area (Å²) in [5.74, 6) is 0.435. The van der Waals surface area contributed by atoms with E-state index in [1.54, 1.807) is 24.3 Å². The predicted octanol–water partition coefficient (Wildman–Crippen LogP) is 3.25. The van der Waals surface area contributed by atoms with Crippen molar-refractivity contribution < 1.29 is 19.3 Å². The number of carbonyl (C=O) groups is 1. The Labute approximate surface area is 223 Å². The van der Waals surface area contributed by atoms with Crippen LogP contribution in [0.25, 0.3) is 0 Å². The summed E-state index contributed by atoms with van der Waals surface area (Å²) in [5, 5.41) is 16.7. The molecule has 1 aliphatic carbocycles. The van der Waals surface area contributed by atoms with Gasteiger partial charge in [-0.05, 0) is 25.0 Å². The number of hydrogen-bond donors (Lipinski definition) is 4. The molecule has 3 aromatic rings. The number of rotatable bonds is 11. The van der Waals surface area contributed by atoms with Gasteiger partial charge in [0.15, 0.2) is 12.9 Å². The molecule has 0 spiro atoms. The largest absolute Gasteiger partial charge is 0.390 e. The van der Waals surface area contributed by atoms with E-state index >= 15 is 0 Å². The third-order valence-corrected chi connectivity index (χ3v) is 6.58. The lowest BCUT2D eigenvalue weighted by Crippen LogP contribution is -2.41. The lowest BCUT2D eigenvalue weighted by atomic mass is 10.2. The molecule has 3 heterocycles. The zero-order chi connectivity index (χ0) is 26.5. The second kappa shape index (κ2) is 11.7. The van der Waals surface area contributed by atoms with E-state index in [4.69, 9.17) is 21.2 Å². The molecule has 14 heteroatoms. The van der Waals surface area contributed by atoms with Crippen molar-refractivity contribution in [3.63, 3.8) is 0 Å². The summed E-state index contributed by atoms with van der Waals surface area (Å²) >= 11 is 6.31. The van der Waals surface area contributed by atoms with Gasteiger partial charge in [0.05, 0.1) is 28.8 Å². The molecular weight excluding hydrogens is 514 g/mol. The third-order valence-electron chi connectivity index (χ3n) is 6.25. The smallest absolute Gasteiger partial charge is 0.379 e. The molecule has 5 rings (SSSR count). The number of halogens is 1. The van der Waals surface area contributed by atoms with Crippen LogP contribution in [0, 0.1) is 4.91 Å². The molecule has 0 radical (unpaired) electrons. The van der Waals surface area contributed by atoms with Gasteiger partial charge in [-0.2, -0.15) is 15.1 Å². The van der Waals surface area contributed by atoms with Crippen LogP contribution in [0.1, 0.15) is 34.9 Å². The molecule has 0 unspecified atom stereocenters. The van der Waals surface area contributed by atoms with Gasteiger partial charge in [-0.1, -0.05) is 23.7 Å². The van der Waals surface area contributed by atoms with E-state index in [0.29, 0.717) is 48.7 Å². The van der Waals surface area contributed by atoms with Gasteiger partial charge in [0.2, 0.25) is 17.5 Å². The minimum atomic E-state index is -0.556. The van der Waals surface area contributed by atoms with E-state index in [9.17, 15) is 9.70 Å². The highest BCUT2D eigenvalue weighted by Gasteiger charge is 2.35. The van der Waals surface area contributed by atoms with Gasteiger partial charge in [0.1, 0.15) is 0 Å². The molecule has 38 heavy (non-hydrogen) atoms. The van der Waals surface area contributed by atoms with Crippen molar-refractivity contribution in [2.24, 2.45) is 0 Å². The monoisotopic (exact) mass is 542 g/mol. The maximum Gasteiger partial charge on any atom is 0.390 e. The number of carbonyl (C=O) groups excluding carboxylic acids is 1. The Morgan fingerprint density at radius 3 is 2.76 bits per heavy atom. The van der Waals surface area contributed by atoms with Crippen LogP contribution in [0.5, 0.6) is 0 Å². The van der Waals surface area contributed by atoms with Crippen LogP contribution in [-0.4, -0.2) is 82.4 Å². The van der Waals surface area contributed by atoms with Crippen molar-refractivity contribution in [1.82, 2.24) is 30.4 Å². The van der Waals surface area contributed by atoms with Crippen molar-refractivity contribution in [3.8, 4) is 0 Å². The number of anilines is 4. The zero-order valence-corrected chi connectivity index (χ0v) is 21.6. The molecule has 13 nitrogen and oxygen atoms in total. The maximum absolute atomic E-state index is 13.3. The maximum atomic E-state index is 13.3. The molecule has 2 aromatic heterocycles. The van der Waals surface area contributed by atoms with Gasteiger partial charge in [-0.15, -0.1) is 0 Å². The Bertz CT molecular complexity index is 1310. The fourth-order valence-electron chi connectivity index (χ4n) is 4.06. The Morgan fingerprint density at radius 2 is 2.03 bits per heavy atom. The molecule has 1 aliphatic heterocycles. The number of aromatic amines is 1. The van der Waals surface area contributed by atoms with Crippen LogP contribution in [0.3, 0.4) is 0 Å². The number of amides is 1. The average Bonchev–Trinajstić information content (AvgIpc) is 3.68. The standard InChI is InChI=1S/C24H28ClN9O4/c1-37-34(36)21-20(23(35)26-8-9-33-10-12-38-13-11-33)29-24(27-17-5-3-2-4-16(17)25)30-22(21)28-19-14-18(31-32-19)15-6-7-15/h2-5,14-15H,6-13H2,1H3,(H3-,26,27,28,29,30,31,32,35,36)/p+1. The number of H-pyrrole nitrogens is 1. The Morgan fingerprint density at radius 1 is 1.24 bits per heavy atom. The number of para-hydroxylation sites is 1. The van der Waals surface area contributed by atoms with E-state index in [1.165, 1.54) is 7.11 Å². The van der Waals surface area contributed by atoms with Crippen LogP contribution in [0.2, 0.25) is 5.02 Å². The molecule has 1 aromatic carbocycles. The topological polar surface area (TPSA) is 149 Å². The highest BCUT2D eigenvalue weighted by Crippen LogP contribution is 2.40. The van der Waals surface area contributed by atoms with Crippen molar-refractivity contribution in [2.45, 2.75) is 18.8 Å². The molecule has 0 bridgehead atoms. The van der Waals surface area contributed by atoms with E-state index < -0.39 is 5.91 Å². The van der Waals surface area contributed by atoms with Gasteiger partial charge in [0, 0.05) is 43.9 Å². The number of aromatic nitrogens is 4.